The molecule has 0 radical (unpaired) electrons. The van der Waals surface area contributed by atoms with Crippen LogP contribution in [0.4, 0.5) is 0 Å². The fourth-order valence-corrected chi connectivity index (χ4v) is 3.52. The molecule has 0 aliphatic heterocycles. The van der Waals surface area contributed by atoms with Crippen LogP contribution in [0.5, 0.6) is 0 Å². The van der Waals surface area contributed by atoms with E-state index in [0.717, 1.165) is 22.8 Å². The summed E-state index contributed by atoms with van der Waals surface area (Å²) in [6.45, 7) is 1.96. The highest BCUT2D eigenvalue weighted by Gasteiger charge is 2.19. The maximum atomic E-state index is 12.2. The molecule has 1 aliphatic rings. The third-order valence-corrected chi connectivity index (χ3v) is 5.06. The number of hydrogen-bond donors (Lipinski definition) is 1. The van der Waals surface area contributed by atoms with Crippen molar-refractivity contribution in [3.05, 3.63) is 29.3 Å². The first-order chi connectivity index (χ1) is 9.65. The molecule has 20 heavy (non-hydrogen) atoms. The Hall–Kier alpha value is -0.670. The Kier molecular flexibility index (Phi) is 6.24. The fourth-order valence-electron chi connectivity index (χ4n) is 2.51. The average Bonchev–Trinajstić information content (AvgIpc) is 2.70. The van der Waals surface area contributed by atoms with Gasteiger partial charge in [-0.05, 0) is 44.0 Å². The summed E-state index contributed by atoms with van der Waals surface area (Å²) in [4.78, 5) is 13.3. The minimum absolute atomic E-state index is 0.0700. The van der Waals surface area contributed by atoms with Crippen LogP contribution >= 0.6 is 23.4 Å². The zero-order valence-corrected chi connectivity index (χ0v) is 13.5. The summed E-state index contributed by atoms with van der Waals surface area (Å²) < 4.78 is 0. The Morgan fingerprint density at radius 3 is 2.40 bits per heavy atom. The van der Waals surface area contributed by atoms with Crippen LogP contribution in [0.3, 0.4) is 0 Å². The maximum Gasteiger partial charge on any atom is 0.233 e. The second kappa shape index (κ2) is 7.94. The molecule has 0 aromatic heterocycles. The second-order valence-electron chi connectivity index (χ2n) is 5.41. The first kappa shape index (κ1) is 15.7. The van der Waals surface area contributed by atoms with E-state index in [2.05, 4.69) is 5.32 Å². The molecule has 0 saturated heterocycles. The topological polar surface area (TPSA) is 29.1 Å². The standard InChI is InChI=1S/C16H22ClNOS/c1-12(20-15-10-8-13(17)9-11-15)16(19)18-14-6-4-2-3-5-7-14/h8-12,14H,2-7H2,1H3,(H,18,19). The predicted octanol–water partition coefficient (Wildman–Crippen LogP) is 4.66. The molecular weight excluding hydrogens is 290 g/mol. The summed E-state index contributed by atoms with van der Waals surface area (Å²) >= 11 is 7.45. The van der Waals surface area contributed by atoms with E-state index in [9.17, 15) is 4.79 Å². The van der Waals surface area contributed by atoms with Gasteiger partial charge in [-0.2, -0.15) is 0 Å². The van der Waals surface area contributed by atoms with Crippen LogP contribution in [-0.2, 0) is 4.79 Å². The van der Waals surface area contributed by atoms with Gasteiger partial charge in [0.05, 0.1) is 5.25 Å². The molecule has 1 aromatic carbocycles. The Labute approximate surface area is 130 Å². The molecule has 0 heterocycles. The molecule has 4 heteroatoms. The average molecular weight is 312 g/mol. The van der Waals surface area contributed by atoms with Crippen LogP contribution < -0.4 is 5.32 Å². The van der Waals surface area contributed by atoms with Gasteiger partial charge in [-0.3, -0.25) is 4.79 Å². The summed E-state index contributed by atoms with van der Waals surface area (Å²) in [6.07, 6.45) is 7.35. The second-order valence-corrected chi connectivity index (χ2v) is 7.26. The van der Waals surface area contributed by atoms with Gasteiger partial charge in [0.2, 0.25) is 5.91 Å². The van der Waals surface area contributed by atoms with Gasteiger partial charge in [-0.25, -0.2) is 0 Å². The first-order valence-electron chi connectivity index (χ1n) is 7.38. The molecule has 1 fully saturated rings. The van der Waals surface area contributed by atoms with E-state index >= 15 is 0 Å². The van der Waals surface area contributed by atoms with Gasteiger partial charge in [0.15, 0.2) is 0 Å². The minimum atomic E-state index is -0.0700. The summed E-state index contributed by atoms with van der Waals surface area (Å²) in [5, 5.41) is 3.86. The molecule has 1 amide bonds. The number of hydrogen-bond acceptors (Lipinski definition) is 2. The van der Waals surface area contributed by atoms with E-state index in [4.69, 9.17) is 11.6 Å². The van der Waals surface area contributed by atoms with Crippen LogP contribution in [0.1, 0.15) is 45.4 Å². The molecular formula is C16H22ClNOS. The molecule has 1 aliphatic carbocycles. The number of carbonyl (C=O) groups is 1. The van der Waals surface area contributed by atoms with Gasteiger partial charge in [-0.15, -0.1) is 11.8 Å². The van der Waals surface area contributed by atoms with Crippen LogP contribution in [0.25, 0.3) is 0 Å². The van der Waals surface area contributed by atoms with Crippen molar-refractivity contribution < 1.29 is 4.79 Å². The Bertz CT molecular complexity index is 427. The molecule has 2 rings (SSSR count). The Morgan fingerprint density at radius 1 is 1.20 bits per heavy atom. The summed E-state index contributed by atoms with van der Waals surface area (Å²) in [5.74, 6) is 0.150. The van der Waals surface area contributed by atoms with Crippen molar-refractivity contribution in [2.75, 3.05) is 0 Å². The number of benzene rings is 1. The van der Waals surface area contributed by atoms with Crippen molar-refractivity contribution in [1.29, 1.82) is 0 Å². The zero-order valence-electron chi connectivity index (χ0n) is 11.9. The van der Waals surface area contributed by atoms with Gasteiger partial charge in [0.1, 0.15) is 0 Å². The van der Waals surface area contributed by atoms with E-state index in [1.807, 2.05) is 31.2 Å². The molecule has 0 spiro atoms. The number of halogens is 1. The number of thioether (sulfide) groups is 1. The molecule has 2 nitrogen and oxygen atoms in total. The molecule has 1 saturated carbocycles. The largest absolute Gasteiger partial charge is 0.352 e. The zero-order chi connectivity index (χ0) is 14.4. The number of amides is 1. The predicted molar refractivity (Wildman–Crippen MR) is 86.4 cm³/mol. The lowest BCUT2D eigenvalue weighted by Crippen LogP contribution is -2.39. The van der Waals surface area contributed by atoms with Crippen molar-refractivity contribution >= 4 is 29.3 Å². The molecule has 1 N–H and O–H groups in total. The van der Waals surface area contributed by atoms with E-state index in [-0.39, 0.29) is 11.2 Å². The lowest BCUT2D eigenvalue weighted by Gasteiger charge is -2.19. The van der Waals surface area contributed by atoms with Gasteiger partial charge in [-0.1, -0.05) is 37.3 Å². The maximum absolute atomic E-state index is 12.2. The van der Waals surface area contributed by atoms with Crippen LogP contribution in [-0.4, -0.2) is 17.2 Å². The number of rotatable bonds is 4. The molecule has 1 aromatic rings. The van der Waals surface area contributed by atoms with Crippen molar-refractivity contribution in [3.8, 4) is 0 Å². The molecule has 110 valence electrons. The molecule has 1 unspecified atom stereocenters. The number of nitrogens with one attached hydrogen (secondary N) is 1. The van der Waals surface area contributed by atoms with Crippen molar-refractivity contribution in [2.45, 2.75) is 61.6 Å². The highest BCUT2D eigenvalue weighted by molar-refractivity contribution is 8.00. The SMILES string of the molecule is CC(Sc1ccc(Cl)cc1)C(=O)NC1CCCCCC1. The fraction of sp³-hybridized carbons (Fsp3) is 0.562. The van der Waals surface area contributed by atoms with Crippen LogP contribution in [0.15, 0.2) is 29.2 Å². The van der Waals surface area contributed by atoms with E-state index in [0.29, 0.717) is 6.04 Å². The summed E-state index contributed by atoms with van der Waals surface area (Å²) in [5.41, 5.74) is 0. The van der Waals surface area contributed by atoms with Gasteiger partial charge < -0.3 is 5.32 Å². The monoisotopic (exact) mass is 311 g/mol. The highest BCUT2D eigenvalue weighted by Crippen LogP contribution is 2.25. The quantitative estimate of drug-likeness (QED) is 0.647. The third-order valence-electron chi connectivity index (χ3n) is 3.70. The minimum Gasteiger partial charge on any atom is -0.352 e. The van der Waals surface area contributed by atoms with Gasteiger partial charge in [0, 0.05) is 16.0 Å². The van der Waals surface area contributed by atoms with Crippen LogP contribution in [0, 0.1) is 0 Å². The lowest BCUT2D eigenvalue weighted by atomic mass is 10.1. The van der Waals surface area contributed by atoms with E-state index < -0.39 is 0 Å². The Balaban J connectivity index is 1.83. The molecule has 1 atom stereocenters. The van der Waals surface area contributed by atoms with Gasteiger partial charge >= 0.3 is 0 Å². The summed E-state index contributed by atoms with van der Waals surface area (Å²) in [6, 6.07) is 8.02. The third kappa shape index (κ3) is 5.02. The highest BCUT2D eigenvalue weighted by atomic mass is 35.5. The van der Waals surface area contributed by atoms with Crippen molar-refractivity contribution in [3.63, 3.8) is 0 Å². The van der Waals surface area contributed by atoms with Crippen molar-refractivity contribution in [2.24, 2.45) is 0 Å². The first-order valence-corrected chi connectivity index (χ1v) is 8.63. The Morgan fingerprint density at radius 2 is 1.80 bits per heavy atom. The van der Waals surface area contributed by atoms with Gasteiger partial charge in [0.25, 0.3) is 0 Å². The number of carbonyl (C=O) groups excluding carboxylic acids is 1. The lowest BCUT2D eigenvalue weighted by molar-refractivity contribution is -0.121. The van der Waals surface area contributed by atoms with Crippen LogP contribution in [0.2, 0.25) is 5.02 Å². The van der Waals surface area contributed by atoms with E-state index in [1.165, 1.54) is 25.7 Å². The normalized spacial score (nSPS) is 18.3. The summed E-state index contributed by atoms with van der Waals surface area (Å²) in [7, 11) is 0. The van der Waals surface area contributed by atoms with Crippen molar-refractivity contribution in [1.82, 2.24) is 5.32 Å². The van der Waals surface area contributed by atoms with E-state index in [1.54, 1.807) is 11.8 Å². The smallest absolute Gasteiger partial charge is 0.233 e. The molecule has 0 bridgehead atoms.